The highest BCUT2D eigenvalue weighted by atomic mass is 35.5. The molecule has 0 aliphatic rings. The lowest BCUT2D eigenvalue weighted by molar-refractivity contribution is -0.138. The monoisotopic (exact) mass is 351 g/mol. The fraction of sp³-hybridized carbons (Fsp3) is 0.176. The van der Waals surface area contributed by atoms with Gasteiger partial charge in [-0.05, 0) is 36.2 Å². The van der Waals surface area contributed by atoms with Crippen LogP contribution in [0.25, 0.3) is 0 Å². The van der Waals surface area contributed by atoms with Crippen LogP contribution in [0.2, 0.25) is 10.0 Å². The van der Waals surface area contributed by atoms with Gasteiger partial charge in [0.15, 0.2) is 0 Å². The van der Waals surface area contributed by atoms with Crippen molar-refractivity contribution in [2.45, 2.75) is 19.4 Å². The number of nitrogens with zero attached hydrogens (tertiary/aromatic N) is 1. The number of oxime groups is 1. The van der Waals surface area contributed by atoms with E-state index in [9.17, 15) is 4.79 Å². The topological polar surface area (TPSA) is 58.9 Å². The van der Waals surface area contributed by atoms with Crippen LogP contribution in [0.4, 0.5) is 0 Å². The zero-order valence-corrected chi connectivity index (χ0v) is 13.9. The Bertz CT molecular complexity index is 711. The van der Waals surface area contributed by atoms with Crippen molar-refractivity contribution >= 4 is 35.4 Å². The molecular weight excluding hydrogens is 337 g/mol. The van der Waals surface area contributed by atoms with Crippen molar-refractivity contribution in [3.05, 3.63) is 69.2 Å². The Labute approximate surface area is 144 Å². The first-order valence-electron chi connectivity index (χ1n) is 6.90. The minimum Gasteiger partial charge on any atom is -0.481 e. The van der Waals surface area contributed by atoms with Crippen LogP contribution in [0.15, 0.2) is 47.6 Å². The molecule has 0 spiro atoms. The van der Waals surface area contributed by atoms with E-state index in [0.717, 1.165) is 5.56 Å². The zero-order valence-electron chi connectivity index (χ0n) is 12.4. The zero-order chi connectivity index (χ0) is 16.8. The van der Waals surface area contributed by atoms with Crippen LogP contribution in [-0.2, 0) is 16.2 Å². The highest BCUT2D eigenvalue weighted by Gasteiger charge is 2.13. The van der Waals surface area contributed by atoms with Crippen LogP contribution < -0.4 is 0 Å². The molecule has 2 aromatic carbocycles. The van der Waals surface area contributed by atoms with Gasteiger partial charge in [0.25, 0.3) is 0 Å². The number of hydrogen-bond donors (Lipinski definition) is 1. The summed E-state index contributed by atoms with van der Waals surface area (Å²) in [6, 6.07) is 12.3. The van der Waals surface area contributed by atoms with Crippen LogP contribution in [0, 0.1) is 0 Å². The number of carboxylic acid groups (broad SMARTS) is 1. The number of aliphatic carboxylic acids is 1. The molecule has 0 aliphatic heterocycles. The number of carboxylic acids is 1. The molecule has 0 bridgehead atoms. The van der Waals surface area contributed by atoms with Crippen molar-refractivity contribution in [2.24, 2.45) is 5.16 Å². The summed E-state index contributed by atoms with van der Waals surface area (Å²) in [5, 5.41) is 13.9. The maximum Gasteiger partial charge on any atom is 0.310 e. The molecule has 4 nitrogen and oxygen atoms in total. The number of hydrogen-bond acceptors (Lipinski definition) is 3. The second-order valence-electron chi connectivity index (χ2n) is 4.94. The van der Waals surface area contributed by atoms with Gasteiger partial charge in [-0.2, -0.15) is 0 Å². The molecule has 0 fully saturated rings. The van der Waals surface area contributed by atoms with Crippen molar-refractivity contribution in [2.75, 3.05) is 0 Å². The SMILES string of the molecule is CC(C(=O)O)c1cccc(/C=N/OCc2c(Cl)cccc2Cl)c1. The van der Waals surface area contributed by atoms with E-state index in [1.54, 1.807) is 43.3 Å². The molecule has 1 unspecified atom stereocenters. The molecule has 1 atom stereocenters. The largest absolute Gasteiger partial charge is 0.481 e. The Morgan fingerprint density at radius 1 is 1.26 bits per heavy atom. The van der Waals surface area contributed by atoms with Crippen LogP contribution in [0.1, 0.15) is 29.5 Å². The van der Waals surface area contributed by atoms with Crippen molar-refractivity contribution in [1.82, 2.24) is 0 Å². The first-order chi connectivity index (χ1) is 11.0. The van der Waals surface area contributed by atoms with Crippen LogP contribution >= 0.6 is 23.2 Å². The fourth-order valence-corrected chi connectivity index (χ4v) is 2.43. The molecule has 0 amide bonds. The van der Waals surface area contributed by atoms with E-state index in [-0.39, 0.29) is 6.61 Å². The summed E-state index contributed by atoms with van der Waals surface area (Å²) in [5.41, 5.74) is 2.12. The molecular formula is C17H15Cl2NO3. The van der Waals surface area contributed by atoms with Crippen molar-refractivity contribution in [1.29, 1.82) is 0 Å². The van der Waals surface area contributed by atoms with Crippen LogP contribution in [-0.4, -0.2) is 17.3 Å². The van der Waals surface area contributed by atoms with E-state index in [0.29, 0.717) is 21.2 Å². The number of carbonyl (C=O) groups is 1. The lowest BCUT2D eigenvalue weighted by Crippen LogP contribution is -2.07. The third-order valence-electron chi connectivity index (χ3n) is 3.33. The lowest BCUT2D eigenvalue weighted by Gasteiger charge is -2.07. The summed E-state index contributed by atoms with van der Waals surface area (Å²) < 4.78 is 0. The van der Waals surface area contributed by atoms with E-state index >= 15 is 0 Å². The van der Waals surface area contributed by atoms with Crippen molar-refractivity contribution in [3.63, 3.8) is 0 Å². The molecule has 0 aromatic heterocycles. The highest BCUT2D eigenvalue weighted by Crippen LogP contribution is 2.24. The second-order valence-corrected chi connectivity index (χ2v) is 5.75. The van der Waals surface area contributed by atoms with Gasteiger partial charge in [-0.3, -0.25) is 4.79 Å². The van der Waals surface area contributed by atoms with Gasteiger partial charge in [0, 0.05) is 15.6 Å². The Balaban J connectivity index is 2.01. The predicted molar refractivity (Wildman–Crippen MR) is 91.3 cm³/mol. The minimum atomic E-state index is -0.872. The third-order valence-corrected chi connectivity index (χ3v) is 4.04. The Morgan fingerprint density at radius 2 is 1.91 bits per heavy atom. The molecule has 0 saturated heterocycles. The third kappa shape index (κ3) is 4.71. The van der Waals surface area contributed by atoms with Crippen molar-refractivity contribution < 1.29 is 14.7 Å². The van der Waals surface area contributed by atoms with E-state index in [1.165, 1.54) is 6.21 Å². The summed E-state index contributed by atoms with van der Waals surface area (Å²) in [7, 11) is 0. The smallest absolute Gasteiger partial charge is 0.310 e. The van der Waals surface area contributed by atoms with Gasteiger partial charge in [0.2, 0.25) is 0 Å². The molecule has 2 rings (SSSR count). The van der Waals surface area contributed by atoms with E-state index in [2.05, 4.69) is 5.16 Å². The van der Waals surface area contributed by atoms with Gasteiger partial charge in [-0.1, -0.05) is 52.6 Å². The molecule has 6 heteroatoms. The molecule has 0 heterocycles. The second kappa shape index (κ2) is 7.99. The highest BCUT2D eigenvalue weighted by molar-refractivity contribution is 6.35. The molecule has 2 aromatic rings. The molecule has 0 saturated carbocycles. The number of benzene rings is 2. The van der Waals surface area contributed by atoms with Gasteiger partial charge in [0.05, 0.1) is 12.1 Å². The maximum absolute atomic E-state index is 11.0. The normalized spacial score (nSPS) is 12.3. The molecule has 1 N–H and O–H groups in total. The standard InChI is InChI=1S/C17H15Cl2NO3/c1-11(17(21)22)13-5-2-4-12(8-13)9-20-23-10-14-15(18)6-3-7-16(14)19/h2-9,11H,10H2,1H3,(H,21,22)/b20-9+. The van der Waals surface area contributed by atoms with Crippen LogP contribution in [0.5, 0.6) is 0 Å². The Morgan fingerprint density at radius 3 is 2.57 bits per heavy atom. The average Bonchev–Trinajstić information content (AvgIpc) is 2.53. The van der Waals surface area contributed by atoms with Crippen LogP contribution in [0.3, 0.4) is 0 Å². The summed E-state index contributed by atoms with van der Waals surface area (Å²) in [6.07, 6.45) is 1.52. The van der Waals surface area contributed by atoms with Gasteiger partial charge in [-0.15, -0.1) is 0 Å². The Kier molecular flexibility index (Phi) is 6.02. The van der Waals surface area contributed by atoms with E-state index in [1.807, 2.05) is 6.07 Å². The van der Waals surface area contributed by atoms with E-state index < -0.39 is 11.9 Å². The first-order valence-corrected chi connectivity index (χ1v) is 7.65. The van der Waals surface area contributed by atoms with Gasteiger partial charge < -0.3 is 9.94 Å². The minimum absolute atomic E-state index is 0.153. The average molecular weight is 352 g/mol. The van der Waals surface area contributed by atoms with E-state index in [4.69, 9.17) is 33.1 Å². The maximum atomic E-state index is 11.0. The summed E-state index contributed by atoms with van der Waals surface area (Å²) >= 11 is 12.1. The van der Waals surface area contributed by atoms with Gasteiger partial charge in [-0.25, -0.2) is 0 Å². The quantitative estimate of drug-likeness (QED) is 0.604. The Hall–Kier alpha value is -2.04. The van der Waals surface area contributed by atoms with Gasteiger partial charge in [0.1, 0.15) is 6.61 Å². The molecule has 0 aliphatic carbocycles. The molecule has 23 heavy (non-hydrogen) atoms. The molecule has 120 valence electrons. The summed E-state index contributed by atoms with van der Waals surface area (Å²) in [5.74, 6) is -1.45. The number of rotatable bonds is 6. The van der Waals surface area contributed by atoms with Crippen molar-refractivity contribution in [3.8, 4) is 0 Å². The summed E-state index contributed by atoms with van der Waals surface area (Å²) in [4.78, 5) is 16.2. The predicted octanol–water partition coefficient (Wildman–Crippen LogP) is 4.73. The van der Waals surface area contributed by atoms with Gasteiger partial charge >= 0.3 is 5.97 Å². The number of halogens is 2. The fourth-order valence-electron chi connectivity index (χ4n) is 1.92. The summed E-state index contributed by atoms with van der Waals surface area (Å²) in [6.45, 7) is 1.79. The lowest BCUT2D eigenvalue weighted by atomic mass is 10.00. The first kappa shape index (κ1) is 17.3. The molecule has 0 radical (unpaired) electrons.